The molecule has 0 saturated carbocycles. The minimum atomic E-state index is -1.05. The molecule has 1 aromatic rings. The molecule has 2 aliphatic heterocycles. The predicted octanol–water partition coefficient (Wildman–Crippen LogP) is 1.42. The van der Waals surface area contributed by atoms with Crippen LogP contribution in [0, 0.1) is 0 Å². The molecule has 3 rings (SSSR count). The van der Waals surface area contributed by atoms with Crippen LogP contribution < -0.4 is 20.1 Å². The zero-order valence-corrected chi connectivity index (χ0v) is 8.11. The van der Waals surface area contributed by atoms with Crippen LogP contribution in [-0.4, -0.2) is 17.7 Å². The summed E-state index contributed by atoms with van der Waals surface area (Å²) >= 11 is 0. The molecule has 82 valence electrons. The van der Waals surface area contributed by atoms with Crippen LogP contribution >= 0.6 is 0 Å². The van der Waals surface area contributed by atoms with E-state index >= 15 is 0 Å². The zero-order valence-electron chi connectivity index (χ0n) is 8.11. The Morgan fingerprint density at radius 2 is 2.00 bits per heavy atom. The molecular weight excluding hydrogens is 212 g/mol. The van der Waals surface area contributed by atoms with E-state index < -0.39 is 5.97 Å². The standard InChI is InChI=1S/C10H8N2O4/c13-10(14)5-3-6-7(12-4-11-6)9-8(5)15-1-2-16-9/h1-3,11-12H,4H2,(H,13,14). The van der Waals surface area contributed by atoms with Crippen molar-refractivity contribution in [3.05, 3.63) is 24.2 Å². The Bertz CT molecular complexity index is 510. The van der Waals surface area contributed by atoms with Gasteiger partial charge in [0.2, 0.25) is 0 Å². The normalized spacial score (nSPS) is 15.0. The van der Waals surface area contributed by atoms with Gasteiger partial charge in [-0.3, -0.25) is 0 Å². The number of carbonyl (C=O) groups is 1. The molecule has 0 atom stereocenters. The van der Waals surface area contributed by atoms with E-state index in [4.69, 9.17) is 14.6 Å². The summed E-state index contributed by atoms with van der Waals surface area (Å²) in [5, 5.41) is 15.1. The highest BCUT2D eigenvalue weighted by molar-refractivity contribution is 5.98. The topological polar surface area (TPSA) is 79.8 Å². The maximum atomic E-state index is 11.1. The van der Waals surface area contributed by atoms with Gasteiger partial charge in [-0.15, -0.1) is 0 Å². The fraction of sp³-hybridized carbons (Fsp3) is 0.100. The van der Waals surface area contributed by atoms with Gasteiger partial charge in [0.05, 0.1) is 12.4 Å². The second-order valence-corrected chi connectivity index (χ2v) is 3.35. The molecule has 0 fully saturated rings. The first kappa shape index (κ1) is 8.90. The summed E-state index contributed by atoms with van der Waals surface area (Å²) in [6.45, 7) is 0.540. The van der Waals surface area contributed by atoms with E-state index in [0.717, 1.165) is 5.69 Å². The highest BCUT2D eigenvalue weighted by Gasteiger charge is 2.27. The number of hydrogen-bond donors (Lipinski definition) is 3. The Hall–Kier alpha value is -2.37. The minimum absolute atomic E-state index is 0.0781. The Morgan fingerprint density at radius 3 is 2.75 bits per heavy atom. The summed E-state index contributed by atoms with van der Waals surface area (Å²) < 4.78 is 10.5. The van der Waals surface area contributed by atoms with E-state index in [2.05, 4.69) is 10.6 Å². The second kappa shape index (κ2) is 3.06. The summed E-state index contributed by atoms with van der Waals surface area (Å²) in [6.07, 6.45) is 2.68. The lowest BCUT2D eigenvalue weighted by Gasteiger charge is -2.17. The molecule has 0 aromatic heterocycles. The number of carboxylic acids is 1. The monoisotopic (exact) mass is 220 g/mol. The lowest BCUT2D eigenvalue weighted by atomic mass is 10.1. The first-order valence-corrected chi connectivity index (χ1v) is 4.68. The highest BCUT2D eigenvalue weighted by Crippen LogP contribution is 2.47. The van der Waals surface area contributed by atoms with E-state index in [9.17, 15) is 4.79 Å². The summed E-state index contributed by atoms with van der Waals surface area (Å²) in [5.74, 6) is -0.418. The average molecular weight is 220 g/mol. The van der Waals surface area contributed by atoms with Crippen molar-refractivity contribution in [3.63, 3.8) is 0 Å². The molecule has 0 spiro atoms. The third-order valence-corrected chi connectivity index (χ3v) is 2.44. The zero-order chi connectivity index (χ0) is 11.1. The van der Waals surface area contributed by atoms with Gasteiger partial charge in [-0.1, -0.05) is 0 Å². The van der Waals surface area contributed by atoms with Gasteiger partial charge in [0.25, 0.3) is 0 Å². The molecule has 16 heavy (non-hydrogen) atoms. The summed E-state index contributed by atoms with van der Waals surface area (Å²) in [6, 6.07) is 1.53. The van der Waals surface area contributed by atoms with E-state index in [-0.39, 0.29) is 11.3 Å². The number of anilines is 2. The van der Waals surface area contributed by atoms with Crippen LogP contribution in [0.2, 0.25) is 0 Å². The van der Waals surface area contributed by atoms with Crippen molar-refractivity contribution < 1.29 is 19.4 Å². The Labute approximate surface area is 90.5 Å². The number of ether oxygens (including phenoxy) is 2. The van der Waals surface area contributed by atoms with Crippen molar-refractivity contribution in [2.45, 2.75) is 0 Å². The molecule has 0 radical (unpaired) electrons. The van der Waals surface area contributed by atoms with Gasteiger partial charge in [-0.05, 0) is 6.07 Å². The molecule has 0 saturated heterocycles. The third-order valence-electron chi connectivity index (χ3n) is 2.44. The molecule has 0 aliphatic carbocycles. The quantitative estimate of drug-likeness (QED) is 0.664. The van der Waals surface area contributed by atoms with Crippen LogP contribution in [0.15, 0.2) is 18.6 Å². The molecule has 1 aromatic carbocycles. The fourth-order valence-electron chi connectivity index (χ4n) is 1.76. The average Bonchev–Trinajstić information content (AvgIpc) is 2.75. The number of benzene rings is 1. The van der Waals surface area contributed by atoms with Crippen molar-refractivity contribution in [2.24, 2.45) is 0 Å². The molecular formula is C10H8N2O4. The van der Waals surface area contributed by atoms with Crippen LogP contribution in [0.5, 0.6) is 11.5 Å². The number of nitrogens with one attached hydrogen (secondary N) is 2. The Morgan fingerprint density at radius 1 is 1.25 bits per heavy atom. The molecule has 0 unspecified atom stereocenters. The fourth-order valence-corrected chi connectivity index (χ4v) is 1.76. The lowest BCUT2D eigenvalue weighted by molar-refractivity contribution is 0.0693. The number of aromatic carboxylic acids is 1. The van der Waals surface area contributed by atoms with Gasteiger partial charge < -0.3 is 25.2 Å². The van der Waals surface area contributed by atoms with Crippen LogP contribution in [0.3, 0.4) is 0 Å². The van der Waals surface area contributed by atoms with Gasteiger partial charge in [0.15, 0.2) is 11.5 Å². The predicted molar refractivity (Wildman–Crippen MR) is 55.9 cm³/mol. The first-order chi connectivity index (χ1) is 7.77. The van der Waals surface area contributed by atoms with Crippen molar-refractivity contribution in [3.8, 4) is 11.5 Å². The van der Waals surface area contributed by atoms with Crippen LogP contribution in [0.1, 0.15) is 10.4 Å². The number of fused-ring (bicyclic) bond motifs is 3. The number of hydrogen-bond acceptors (Lipinski definition) is 5. The van der Waals surface area contributed by atoms with Crippen molar-refractivity contribution in [1.29, 1.82) is 0 Å². The van der Waals surface area contributed by atoms with Crippen molar-refractivity contribution >= 4 is 17.3 Å². The summed E-state index contributed by atoms with van der Waals surface area (Å²) in [7, 11) is 0. The molecule has 3 N–H and O–H groups in total. The van der Waals surface area contributed by atoms with Crippen LogP contribution in [-0.2, 0) is 0 Å². The molecule has 6 heteroatoms. The second-order valence-electron chi connectivity index (χ2n) is 3.35. The maximum Gasteiger partial charge on any atom is 0.339 e. The van der Waals surface area contributed by atoms with Gasteiger partial charge in [0.1, 0.15) is 23.8 Å². The van der Waals surface area contributed by atoms with Gasteiger partial charge in [-0.25, -0.2) is 4.79 Å². The maximum absolute atomic E-state index is 11.1. The largest absolute Gasteiger partial charge is 0.478 e. The van der Waals surface area contributed by atoms with Crippen molar-refractivity contribution in [1.82, 2.24) is 0 Å². The minimum Gasteiger partial charge on any atom is -0.478 e. The Balaban J connectivity index is 2.26. The molecule has 6 nitrogen and oxygen atoms in total. The van der Waals surface area contributed by atoms with E-state index in [0.29, 0.717) is 18.1 Å². The molecule has 0 bridgehead atoms. The molecule has 2 heterocycles. The van der Waals surface area contributed by atoms with E-state index in [1.165, 1.54) is 18.6 Å². The SMILES string of the molecule is O=C(O)c1cc2c(c3c1OC=CO3)NCN2. The summed E-state index contributed by atoms with van der Waals surface area (Å²) in [5.41, 5.74) is 1.51. The molecule has 2 aliphatic rings. The van der Waals surface area contributed by atoms with Crippen LogP contribution in [0.4, 0.5) is 11.4 Å². The van der Waals surface area contributed by atoms with Gasteiger partial charge in [0, 0.05) is 0 Å². The summed E-state index contributed by atoms with van der Waals surface area (Å²) in [4.78, 5) is 11.1. The number of carboxylic acid groups (broad SMARTS) is 1. The Kier molecular flexibility index (Phi) is 1.70. The number of rotatable bonds is 1. The van der Waals surface area contributed by atoms with Crippen LogP contribution in [0.25, 0.3) is 0 Å². The lowest BCUT2D eigenvalue weighted by Crippen LogP contribution is -2.06. The van der Waals surface area contributed by atoms with Gasteiger partial charge >= 0.3 is 5.97 Å². The first-order valence-electron chi connectivity index (χ1n) is 4.68. The highest BCUT2D eigenvalue weighted by atomic mass is 16.5. The molecule has 0 amide bonds. The van der Waals surface area contributed by atoms with E-state index in [1.807, 2.05) is 0 Å². The smallest absolute Gasteiger partial charge is 0.339 e. The third kappa shape index (κ3) is 1.10. The van der Waals surface area contributed by atoms with Gasteiger partial charge in [-0.2, -0.15) is 0 Å². The van der Waals surface area contributed by atoms with Crippen molar-refractivity contribution in [2.75, 3.05) is 17.3 Å². The van der Waals surface area contributed by atoms with E-state index in [1.54, 1.807) is 0 Å².